The standard InChI is InChI=1S/C14H23N/c1-4-14-9-15(3)10(2)13(14)8-11-6-5-7-12(11)14/h4,10-13H,1,5-9H2,2-3H3/t10-,11?,12?,13-,14-/m1/s1. The van der Waals surface area contributed by atoms with E-state index in [2.05, 4.69) is 31.5 Å². The van der Waals surface area contributed by atoms with Crippen LogP contribution in [0.4, 0.5) is 0 Å². The molecule has 1 aliphatic heterocycles. The largest absolute Gasteiger partial charge is 0.302 e. The summed E-state index contributed by atoms with van der Waals surface area (Å²) in [6.45, 7) is 7.86. The van der Waals surface area contributed by atoms with Crippen molar-refractivity contribution in [3.8, 4) is 0 Å². The molecule has 1 heterocycles. The number of hydrogen-bond acceptors (Lipinski definition) is 1. The second kappa shape index (κ2) is 3.10. The third-order valence-corrected chi connectivity index (χ3v) is 5.78. The summed E-state index contributed by atoms with van der Waals surface area (Å²) in [6, 6.07) is 0.772. The summed E-state index contributed by atoms with van der Waals surface area (Å²) in [5, 5.41) is 0. The molecule has 1 nitrogen and oxygen atoms in total. The van der Waals surface area contributed by atoms with Gasteiger partial charge in [0, 0.05) is 18.0 Å². The Kier molecular flexibility index (Phi) is 2.04. The maximum atomic E-state index is 4.18. The molecule has 0 aromatic heterocycles. The van der Waals surface area contributed by atoms with E-state index < -0.39 is 0 Å². The van der Waals surface area contributed by atoms with Crippen molar-refractivity contribution in [2.24, 2.45) is 23.2 Å². The third-order valence-electron chi connectivity index (χ3n) is 5.78. The monoisotopic (exact) mass is 205 g/mol. The lowest BCUT2D eigenvalue weighted by atomic mass is 9.72. The highest BCUT2D eigenvalue weighted by atomic mass is 15.2. The van der Waals surface area contributed by atoms with Crippen molar-refractivity contribution in [1.29, 1.82) is 0 Å². The summed E-state index contributed by atoms with van der Waals surface area (Å²) in [4.78, 5) is 2.56. The van der Waals surface area contributed by atoms with Gasteiger partial charge in [0.1, 0.15) is 0 Å². The first-order chi connectivity index (χ1) is 7.19. The van der Waals surface area contributed by atoms with E-state index in [-0.39, 0.29) is 0 Å². The van der Waals surface area contributed by atoms with Gasteiger partial charge in [-0.1, -0.05) is 18.9 Å². The molecule has 2 unspecified atom stereocenters. The Morgan fingerprint density at radius 2 is 2.13 bits per heavy atom. The normalized spacial score (nSPS) is 54.3. The molecule has 0 amide bonds. The van der Waals surface area contributed by atoms with Crippen LogP contribution < -0.4 is 0 Å². The molecule has 2 aliphatic carbocycles. The molecule has 1 saturated heterocycles. The highest BCUT2D eigenvalue weighted by Crippen LogP contribution is 2.62. The summed E-state index contributed by atoms with van der Waals surface area (Å²) >= 11 is 0. The number of hydrogen-bond donors (Lipinski definition) is 0. The first kappa shape index (κ1) is 9.89. The van der Waals surface area contributed by atoms with Gasteiger partial charge in [-0.15, -0.1) is 6.58 Å². The van der Waals surface area contributed by atoms with Gasteiger partial charge in [-0.3, -0.25) is 0 Å². The summed E-state index contributed by atoms with van der Waals surface area (Å²) in [5.74, 6) is 2.90. The first-order valence-corrected chi connectivity index (χ1v) is 6.53. The Morgan fingerprint density at radius 1 is 1.33 bits per heavy atom. The molecule has 84 valence electrons. The smallest absolute Gasteiger partial charge is 0.0101 e. The molecule has 3 aliphatic rings. The second-order valence-corrected chi connectivity index (χ2v) is 6.11. The van der Waals surface area contributed by atoms with Crippen LogP contribution in [0.2, 0.25) is 0 Å². The van der Waals surface area contributed by atoms with Crippen LogP contribution in [-0.4, -0.2) is 24.5 Å². The SMILES string of the molecule is C=C[C@]12CN(C)[C@H](C)[C@H]1CC1CCCC12. The van der Waals surface area contributed by atoms with E-state index in [0.717, 1.165) is 23.8 Å². The van der Waals surface area contributed by atoms with Crippen LogP contribution in [0.15, 0.2) is 12.7 Å². The molecule has 0 N–H and O–H groups in total. The van der Waals surface area contributed by atoms with Crippen molar-refractivity contribution in [2.75, 3.05) is 13.6 Å². The van der Waals surface area contributed by atoms with E-state index in [4.69, 9.17) is 0 Å². The Hall–Kier alpha value is -0.300. The Morgan fingerprint density at radius 3 is 2.87 bits per heavy atom. The van der Waals surface area contributed by atoms with Gasteiger partial charge in [0.25, 0.3) is 0 Å². The molecule has 15 heavy (non-hydrogen) atoms. The molecule has 0 bridgehead atoms. The van der Waals surface area contributed by atoms with Crippen LogP contribution in [-0.2, 0) is 0 Å². The summed E-state index contributed by atoms with van der Waals surface area (Å²) in [7, 11) is 2.29. The first-order valence-electron chi connectivity index (χ1n) is 6.53. The molecule has 2 saturated carbocycles. The van der Waals surface area contributed by atoms with Crippen molar-refractivity contribution in [1.82, 2.24) is 4.90 Å². The molecule has 3 fully saturated rings. The molecule has 1 heteroatoms. The van der Waals surface area contributed by atoms with Crippen molar-refractivity contribution < 1.29 is 0 Å². The maximum Gasteiger partial charge on any atom is 0.0101 e. The molecule has 0 spiro atoms. The lowest BCUT2D eigenvalue weighted by Gasteiger charge is -2.32. The van der Waals surface area contributed by atoms with Crippen molar-refractivity contribution in [3.05, 3.63) is 12.7 Å². The van der Waals surface area contributed by atoms with Gasteiger partial charge in [0.05, 0.1) is 0 Å². The number of likely N-dealkylation sites (tertiary alicyclic amines) is 1. The lowest BCUT2D eigenvalue weighted by molar-refractivity contribution is 0.225. The highest BCUT2D eigenvalue weighted by Gasteiger charge is 2.60. The minimum absolute atomic E-state index is 0.481. The molecule has 5 atom stereocenters. The minimum atomic E-state index is 0.481. The van der Waals surface area contributed by atoms with Crippen LogP contribution in [0.5, 0.6) is 0 Å². The van der Waals surface area contributed by atoms with E-state index in [0.29, 0.717) is 5.41 Å². The van der Waals surface area contributed by atoms with Gasteiger partial charge in [0.2, 0.25) is 0 Å². The summed E-state index contributed by atoms with van der Waals surface area (Å²) < 4.78 is 0. The quantitative estimate of drug-likeness (QED) is 0.595. The van der Waals surface area contributed by atoms with Crippen molar-refractivity contribution >= 4 is 0 Å². The highest BCUT2D eigenvalue weighted by molar-refractivity contribution is 5.18. The van der Waals surface area contributed by atoms with Crippen molar-refractivity contribution in [2.45, 2.75) is 38.6 Å². The van der Waals surface area contributed by atoms with Crippen LogP contribution in [0, 0.1) is 23.2 Å². The minimum Gasteiger partial charge on any atom is -0.302 e. The molecule has 3 rings (SSSR count). The second-order valence-electron chi connectivity index (χ2n) is 6.11. The van der Waals surface area contributed by atoms with E-state index in [1.807, 2.05) is 0 Å². The fourth-order valence-corrected chi connectivity index (χ4v) is 4.98. The lowest BCUT2D eigenvalue weighted by Crippen LogP contribution is -2.31. The summed E-state index contributed by atoms with van der Waals surface area (Å²) in [6.07, 6.45) is 8.23. The van der Waals surface area contributed by atoms with Gasteiger partial charge in [-0.2, -0.15) is 0 Å². The van der Waals surface area contributed by atoms with Crippen LogP contribution >= 0.6 is 0 Å². The Bertz CT molecular complexity index is 285. The molecule has 0 aromatic carbocycles. The fraction of sp³-hybridized carbons (Fsp3) is 0.857. The topological polar surface area (TPSA) is 3.24 Å². The fourth-order valence-electron chi connectivity index (χ4n) is 4.98. The Labute approximate surface area is 93.5 Å². The van der Waals surface area contributed by atoms with Gasteiger partial charge in [0.15, 0.2) is 0 Å². The van der Waals surface area contributed by atoms with Gasteiger partial charge in [-0.05, 0) is 44.6 Å². The Balaban J connectivity index is 1.98. The van der Waals surface area contributed by atoms with E-state index in [1.165, 1.54) is 32.2 Å². The maximum absolute atomic E-state index is 4.18. The molecular weight excluding hydrogens is 182 g/mol. The molecular formula is C14H23N. The predicted octanol–water partition coefficient (Wildman–Crippen LogP) is 2.93. The van der Waals surface area contributed by atoms with Crippen molar-refractivity contribution in [3.63, 3.8) is 0 Å². The van der Waals surface area contributed by atoms with Gasteiger partial charge < -0.3 is 4.90 Å². The van der Waals surface area contributed by atoms with E-state index in [1.54, 1.807) is 0 Å². The zero-order chi connectivity index (χ0) is 10.6. The van der Waals surface area contributed by atoms with Crippen LogP contribution in [0.25, 0.3) is 0 Å². The van der Waals surface area contributed by atoms with E-state index in [9.17, 15) is 0 Å². The predicted molar refractivity (Wildman–Crippen MR) is 63.7 cm³/mol. The molecule has 0 radical (unpaired) electrons. The van der Waals surface area contributed by atoms with Crippen LogP contribution in [0.1, 0.15) is 32.6 Å². The number of fused-ring (bicyclic) bond motifs is 3. The average Bonchev–Trinajstić information content (AvgIpc) is 2.83. The average molecular weight is 205 g/mol. The third kappa shape index (κ3) is 1.08. The molecule has 0 aromatic rings. The van der Waals surface area contributed by atoms with Crippen LogP contribution in [0.3, 0.4) is 0 Å². The van der Waals surface area contributed by atoms with Gasteiger partial charge in [-0.25, -0.2) is 0 Å². The van der Waals surface area contributed by atoms with E-state index >= 15 is 0 Å². The zero-order valence-corrected chi connectivity index (χ0v) is 10.1. The van der Waals surface area contributed by atoms with Gasteiger partial charge >= 0.3 is 0 Å². The zero-order valence-electron chi connectivity index (χ0n) is 10.1. The number of rotatable bonds is 1. The summed E-state index contributed by atoms with van der Waals surface area (Å²) in [5.41, 5.74) is 0.481. The number of nitrogens with zero attached hydrogens (tertiary/aromatic N) is 1.